The molecule has 1 heterocycles. The fraction of sp³-hybridized carbons (Fsp3) is 0. The van der Waals surface area contributed by atoms with Gasteiger partial charge in [0.05, 0.1) is 16.2 Å². The Hall–Kier alpha value is -2.67. The Kier molecular flexibility index (Phi) is 3.19. The minimum Gasteiger partial charge on any atom is -0.283 e. The van der Waals surface area contributed by atoms with Gasteiger partial charge in [-0.25, -0.2) is 4.31 Å². The van der Waals surface area contributed by atoms with Crippen LogP contribution in [0.25, 0.3) is 0 Å². The summed E-state index contributed by atoms with van der Waals surface area (Å²) in [6.07, 6.45) is 0. The van der Waals surface area contributed by atoms with Crippen molar-refractivity contribution in [3.8, 4) is 0 Å². The number of anilines is 1. The van der Waals surface area contributed by atoms with Crippen molar-refractivity contribution < 1.29 is 14.5 Å². The number of carbonyl (C=O) groups is 2. The predicted molar refractivity (Wildman–Crippen MR) is 77.2 cm³/mol. The van der Waals surface area contributed by atoms with Crippen molar-refractivity contribution >= 4 is 35.0 Å². The molecular weight excluding hydrogens is 292 g/mol. The SMILES string of the molecule is O=C1C(=O)N(Sc2ccccc2[N+](=O)[O-])c2ccccc21. The Bertz CT molecular complexity index is 775. The van der Waals surface area contributed by atoms with E-state index in [0.29, 0.717) is 16.1 Å². The van der Waals surface area contributed by atoms with Gasteiger partial charge in [-0.2, -0.15) is 0 Å². The van der Waals surface area contributed by atoms with Crippen molar-refractivity contribution in [3.05, 3.63) is 64.2 Å². The molecule has 0 radical (unpaired) electrons. The fourth-order valence-corrected chi connectivity index (χ4v) is 3.03. The van der Waals surface area contributed by atoms with Crippen molar-refractivity contribution in [1.29, 1.82) is 0 Å². The molecular formula is C14H8N2O4S. The van der Waals surface area contributed by atoms with Gasteiger partial charge in [-0.1, -0.05) is 24.3 Å². The standard InChI is InChI=1S/C14H8N2O4S/c17-13-9-5-1-2-6-10(9)15(14(13)18)21-12-8-4-3-7-11(12)16(19)20/h1-8H. The number of fused-ring (bicyclic) bond motifs is 1. The topological polar surface area (TPSA) is 80.5 Å². The van der Waals surface area contributed by atoms with Crippen molar-refractivity contribution in [1.82, 2.24) is 0 Å². The van der Waals surface area contributed by atoms with Crippen molar-refractivity contribution in [2.45, 2.75) is 4.90 Å². The molecule has 7 heteroatoms. The summed E-state index contributed by atoms with van der Waals surface area (Å²) < 4.78 is 1.19. The molecule has 0 unspecified atom stereocenters. The number of benzene rings is 2. The second kappa shape index (κ2) is 5.02. The van der Waals surface area contributed by atoms with Crippen LogP contribution in [0.2, 0.25) is 0 Å². The number of nitro benzene ring substituents is 1. The van der Waals surface area contributed by atoms with Crippen LogP contribution in [0.3, 0.4) is 0 Å². The highest BCUT2D eigenvalue weighted by Crippen LogP contribution is 2.39. The third-order valence-electron chi connectivity index (χ3n) is 3.00. The van der Waals surface area contributed by atoms with Crippen LogP contribution in [0.4, 0.5) is 11.4 Å². The van der Waals surface area contributed by atoms with E-state index in [0.717, 1.165) is 11.9 Å². The van der Waals surface area contributed by atoms with Gasteiger partial charge >= 0.3 is 5.91 Å². The number of nitrogens with zero attached hydrogens (tertiary/aromatic N) is 2. The average molecular weight is 300 g/mol. The summed E-state index contributed by atoms with van der Waals surface area (Å²) in [5.41, 5.74) is 0.663. The maximum absolute atomic E-state index is 12.0. The molecule has 104 valence electrons. The summed E-state index contributed by atoms with van der Waals surface area (Å²) >= 11 is 0.882. The Labute approximate surface area is 123 Å². The maximum atomic E-state index is 12.0. The van der Waals surface area contributed by atoms with Gasteiger partial charge in [0.25, 0.3) is 11.5 Å². The van der Waals surface area contributed by atoms with E-state index in [1.165, 1.54) is 10.4 Å². The lowest BCUT2D eigenvalue weighted by molar-refractivity contribution is -0.387. The maximum Gasteiger partial charge on any atom is 0.309 e. The van der Waals surface area contributed by atoms with Crippen molar-refractivity contribution in [3.63, 3.8) is 0 Å². The first-order chi connectivity index (χ1) is 10.1. The van der Waals surface area contributed by atoms with Gasteiger partial charge in [-0.15, -0.1) is 0 Å². The number of carbonyl (C=O) groups excluding carboxylic acids is 2. The van der Waals surface area contributed by atoms with E-state index in [4.69, 9.17) is 0 Å². The molecule has 0 saturated heterocycles. The van der Waals surface area contributed by atoms with Gasteiger partial charge in [0, 0.05) is 18.0 Å². The first-order valence-electron chi connectivity index (χ1n) is 5.99. The number of Topliss-reactive ketones (excluding diaryl/α,β-unsaturated/α-hetero) is 1. The van der Waals surface area contributed by atoms with Gasteiger partial charge in [-0.05, 0) is 18.2 Å². The molecule has 6 nitrogen and oxygen atoms in total. The van der Waals surface area contributed by atoms with Gasteiger partial charge in [0.1, 0.15) is 4.90 Å². The number of hydrogen-bond acceptors (Lipinski definition) is 5. The van der Waals surface area contributed by atoms with E-state index in [-0.39, 0.29) is 5.69 Å². The Morgan fingerprint density at radius 3 is 2.43 bits per heavy atom. The number of hydrogen-bond donors (Lipinski definition) is 0. The van der Waals surface area contributed by atoms with E-state index >= 15 is 0 Å². The summed E-state index contributed by atoms with van der Waals surface area (Å²) in [6.45, 7) is 0. The highest BCUT2D eigenvalue weighted by atomic mass is 32.2. The fourth-order valence-electron chi connectivity index (χ4n) is 2.03. The lowest BCUT2D eigenvalue weighted by atomic mass is 10.1. The quantitative estimate of drug-likeness (QED) is 0.377. The molecule has 1 aliphatic heterocycles. The lowest BCUT2D eigenvalue weighted by Gasteiger charge is -2.14. The zero-order valence-corrected chi connectivity index (χ0v) is 11.4. The molecule has 0 aliphatic carbocycles. The monoisotopic (exact) mass is 300 g/mol. The van der Waals surface area contributed by atoms with Crippen LogP contribution >= 0.6 is 11.9 Å². The van der Waals surface area contributed by atoms with Crippen molar-refractivity contribution in [2.24, 2.45) is 0 Å². The zero-order valence-electron chi connectivity index (χ0n) is 10.6. The van der Waals surface area contributed by atoms with Crippen molar-refractivity contribution in [2.75, 3.05) is 4.31 Å². The van der Waals surface area contributed by atoms with Crippen LogP contribution < -0.4 is 4.31 Å². The van der Waals surface area contributed by atoms with E-state index in [2.05, 4.69) is 0 Å². The van der Waals surface area contributed by atoms with Crippen LogP contribution in [0, 0.1) is 10.1 Å². The first kappa shape index (κ1) is 13.3. The van der Waals surface area contributed by atoms with Crippen LogP contribution in [-0.4, -0.2) is 16.6 Å². The molecule has 0 bridgehead atoms. The number of ketones is 1. The first-order valence-corrected chi connectivity index (χ1v) is 6.76. The number of rotatable bonds is 3. The Balaban J connectivity index is 2.02. The molecule has 21 heavy (non-hydrogen) atoms. The zero-order chi connectivity index (χ0) is 15.0. The summed E-state index contributed by atoms with van der Waals surface area (Å²) in [7, 11) is 0. The Morgan fingerprint density at radius 1 is 1.00 bits per heavy atom. The van der Waals surface area contributed by atoms with Crippen LogP contribution in [0.1, 0.15) is 10.4 Å². The largest absolute Gasteiger partial charge is 0.309 e. The highest BCUT2D eigenvalue weighted by molar-refractivity contribution is 8.01. The number of nitro groups is 1. The third kappa shape index (κ3) is 2.17. The normalized spacial score (nSPS) is 13.4. The lowest BCUT2D eigenvalue weighted by Crippen LogP contribution is -2.22. The molecule has 0 spiro atoms. The molecule has 0 aromatic heterocycles. The van der Waals surface area contributed by atoms with Crippen LogP contribution in [0.15, 0.2) is 53.4 Å². The van der Waals surface area contributed by atoms with E-state index < -0.39 is 16.6 Å². The smallest absolute Gasteiger partial charge is 0.283 e. The van der Waals surface area contributed by atoms with E-state index in [1.54, 1.807) is 42.5 Å². The molecule has 1 amide bonds. The molecule has 2 aromatic carbocycles. The molecule has 0 fully saturated rings. The molecule has 3 rings (SSSR count). The minimum atomic E-state index is -0.695. The molecule has 0 atom stereocenters. The predicted octanol–water partition coefficient (Wildman–Crippen LogP) is 2.83. The molecule has 2 aromatic rings. The second-order valence-electron chi connectivity index (χ2n) is 4.26. The second-order valence-corrected chi connectivity index (χ2v) is 5.25. The van der Waals surface area contributed by atoms with Gasteiger partial charge in [-0.3, -0.25) is 19.7 Å². The molecule has 0 saturated carbocycles. The van der Waals surface area contributed by atoms with Gasteiger partial charge < -0.3 is 0 Å². The molecule has 1 aliphatic rings. The highest BCUT2D eigenvalue weighted by Gasteiger charge is 2.37. The van der Waals surface area contributed by atoms with Crippen LogP contribution in [0.5, 0.6) is 0 Å². The third-order valence-corrected chi connectivity index (χ3v) is 4.08. The van der Waals surface area contributed by atoms with Crippen LogP contribution in [-0.2, 0) is 4.79 Å². The van der Waals surface area contributed by atoms with Gasteiger partial charge in [0.15, 0.2) is 0 Å². The molecule has 0 N–H and O–H groups in total. The van der Waals surface area contributed by atoms with E-state index in [9.17, 15) is 19.7 Å². The Morgan fingerprint density at radius 2 is 1.67 bits per heavy atom. The summed E-state index contributed by atoms with van der Waals surface area (Å²) in [4.78, 5) is 34.7. The number of amides is 1. The number of para-hydroxylation sites is 2. The van der Waals surface area contributed by atoms with Gasteiger partial charge in [0.2, 0.25) is 0 Å². The summed E-state index contributed by atoms with van der Waals surface area (Å²) in [6, 6.07) is 12.7. The summed E-state index contributed by atoms with van der Waals surface area (Å²) in [5.74, 6) is -1.30. The summed E-state index contributed by atoms with van der Waals surface area (Å²) in [5, 5.41) is 11.0. The van der Waals surface area contributed by atoms with E-state index in [1.807, 2.05) is 0 Å². The average Bonchev–Trinajstić information content (AvgIpc) is 2.73. The minimum absolute atomic E-state index is 0.105.